The van der Waals surface area contributed by atoms with E-state index in [1.165, 1.54) is 16.8 Å². The Balaban J connectivity index is 1.61. The van der Waals surface area contributed by atoms with Crippen molar-refractivity contribution in [1.29, 1.82) is 0 Å². The zero-order valence-corrected chi connectivity index (χ0v) is 17.1. The lowest BCUT2D eigenvalue weighted by Gasteiger charge is -2.20. The van der Waals surface area contributed by atoms with Crippen molar-refractivity contribution in [3.05, 3.63) is 65.2 Å². The molecule has 0 atom stereocenters. The molecule has 3 rings (SSSR count). The van der Waals surface area contributed by atoms with Gasteiger partial charge >= 0.3 is 0 Å². The van der Waals surface area contributed by atoms with Crippen molar-refractivity contribution in [3.8, 4) is 0 Å². The van der Waals surface area contributed by atoms with Crippen molar-refractivity contribution in [3.63, 3.8) is 0 Å². The minimum atomic E-state index is 0.664. The molecule has 27 heavy (non-hydrogen) atoms. The second kappa shape index (κ2) is 8.35. The van der Waals surface area contributed by atoms with Gasteiger partial charge in [0.1, 0.15) is 0 Å². The van der Waals surface area contributed by atoms with E-state index in [2.05, 4.69) is 41.5 Å². The molecule has 0 aliphatic carbocycles. The zero-order chi connectivity index (χ0) is 19.4. The van der Waals surface area contributed by atoms with E-state index in [-0.39, 0.29) is 0 Å². The summed E-state index contributed by atoms with van der Waals surface area (Å²) in [5.74, 6) is 0. The number of benzene rings is 1. The molecule has 0 unspecified atom stereocenters. The number of rotatable bonds is 6. The number of nitrogens with one attached hydrogen (secondary N) is 1. The van der Waals surface area contributed by atoms with Crippen LogP contribution < -0.4 is 5.32 Å². The van der Waals surface area contributed by atoms with Gasteiger partial charge in [0.2, 0.25) is 0 Å². The molecule has 6 nitrogen and oxygen atoms in total. The predicted octanol–water partition coefficient (Wildman–Crippen LogP) is 3.59. The highest BCUT2D eigenvalue weighted by atomic mass is 32.1. The van der Waals surface area contributed by atoms with Crippen LogP contribution in [0.3, 0.4) is 0 Å². The fourth-order valence-corrected chi connectivity index (χ4v) is 3.27. The molecule has 0 fully saturated rings. The Hall–Kier alpha value is -2.67. The lowest BCUT2D eigenvalue weighted by molar-refractivity contribution is 0.504. The maximum absolute atomic E-state index is 5.57. The molecular weight excluding hydrogens is 356 g/mol. The Morgan fingerprint density at radius 1 is 1.22 bits per heavy atom. The molecule has 0 aliphatic rings. The summed E-state index contributed by atoms with van der Waals surface area (Å²) in [6, 6.07) is 10.3. The lowest BCUT2D eigenvalue weighted by Crippen LogP contribution is -2.30. The van der Waals surface area contributed by atoms with Gasteiger partial charge in [0.15, 0.2) is 5.11 Å². The van der Waals surface area contributed by atoms with Crippen LogP contribution in [0.15, 0.2) is 42.7 Å². The number of anilines is 1. The number of hydrogen-bond donors (Lipinski definition) is 1. The van der Waals surface area contributed by atoms with Crippen LogP contribution in [0.1, 0.15) is 29.4 Å². The van der Waals surface area contributed by atoms with E-state index in [4.69, 9.17) is 12.2 Å². The standard InChI is InChI=1S/C20H26N6S/c1-5-26-16(3)19(15(2)23-26)14-24(4)20(27)22-18-11-21-25(13-18)12-17-9-7-6-8-10-17/h6-11,13H,5,12,14H2,1-4H3,(H,22,27). The molecule has 0 bridgehead atoms. The summed E-state index contributed by atoms with van der Waals surface area (Å²) in [6.45, 7) is 8.59. The molecule has 142 valence electrons. The molecule has 0 radical (unpaired) electrons. The van der Waals surface area contributed by atoms with Crippen LogP contribution in [0.4, 0.5) is 5.69 Å². The summed E-state index contributed by atoms with van der Waals surface area (Å²) >= 11 is 5.57. The van der Waals surface area contributed by atoms with Gasteiger partial charge in [-0.15, -0.1) is 0 Å². The van der Waals surface area contributed by atoms with Crippen molar-refractivity contribution in [2.45, 2.75) is 40.4 Å². The van der Waals surface area contributed by atoms with Crippen LogP contribution in [-0.4, -0.2) is 36.6 Å². The summed E-state index contributed by atoms with van der Waals surface area (Å²) in [4.78, 5) is 2.03. The first-order valence-corrected chi connectivity index (χ1v) is 9.50. The van der Waals surface area contributed by atoms with Gasteiger partial charge in [-0.05, 0) is 38.6 Å². The monoisotopic (exact) mass is 382 g/mol. The van der Waals surface area contributed by atoms with E-state index < -0.39 is 0 Å². The highest BCUT2D eigenvalue weighted by Gasteiger charge is 2.14. The molecular formula is C20H26N6S. The number of aryl methyl sites for hydroxylation is 2. The number of nitrogens with zero attached hydrogens (tertiary/aromatic N) is 5. The lowest BCUT2D eigenvalue weighted by atomic mass is 10.2. The fourth-order valence-electron chi connectivity index (χ4n) is 3.08. The van der Waals surface area contributed by atoms with Crippen molar-refractivity contribution < 1.29 is 0 Å². The molecule has 7 heteroatoms. The molecule has 1 N–H and O–H groups in total. The molecule has 0 spiro atoms. The SMILES string of the molecule is CCn1nc(C)c(CN(C)C(=S)Nc2cnn(Cc3ccccc3)c2)c1C. The zero-order valence-electron chi connectivity index (χ0n) is 16.3. The molecule has 0 amide bonds. The average molecular weight is 383 g/mol. The van der Waals surface area contributed by atoms with E-state index in [0.717, 1.165) is 31.0 Å². The van der Waals surface area contributed by atoms with Crippen molar-refractivity contribution in [2.75, 3.05) is 12.4 Å². The minimum absolute atomic E-state index is 0.664. The Kier molecular flexibility index (Phi) is 5.91. The third-order valence-corrected chi connectivity index (χ3v) is 5.06. The average Bonchev–Trinajstić information content (AvgIpc) is 3.21. The summed E-state index contributed by atoms with van der Waals surface area (Å²) in [7, 11) is 1.99. The van der Waals surface area contributed by atoms with Crippen molar-refractivity contribution in [1.82, 2.24) is 24.5 Å². The highest BCUT2D eigenvalue weighted by Crippen LogP contribution is 2.16. The van der Waals surface area contributed by atoms with Crippen molar-refractivity contribution >= 4 is 23.0 Å². The van der Waals surface area contributed by atoms with Crippen molar-refractivity contribution in [2.24, 2.45) is 0 Å². The van der Waals surface area contributed by atoms with Crippen LogP contribution in [-0.2, 0) is 19.6 Å². The van der Waals surface area contributed by atoms with Gasteiger partial charge in [-0.2, -0.15) is 10.2 Å². The van der Waals surface area contributed by atoms with E-state index in [0.29, 0.717) is 5.11 Å². The third kappa shape index (κ3) is 4.54. The van der Waals surface area contributed by atoms with Crippen LogP contribution in [0.5, 0.6) is 0 Å². The molecule has 0 saturated heterocycles. The summed E-state index contributed by atoms with van der Waals surface area (Å²) in [5.41, 5.74) is 5.58. The Labute approximate surface area is 165 Å². The third-order valence-electron chi connectivity index (χ3n) is 4.64. The van der Waals surface area contributed by atoms with Crippen LogP contribution >= 0.6 is 12.2 Å². The number of thiocarbonyl (C=S) groups is 1. The molecule has 2 heterocycles. The van der Waals surface area contributed by atoms with Crippen LogP contribution in [0, 0.1) is 13.8 Å². The van der Waals surface area contributed by atoms with Crippen LogP contribution in [0.2, 0.25) is 0 Å². The van der Waals surface area contributed by atoms with Gasteiger partial charge in [-0.25, -0.2) is 0 Å². The summed E-state index contributed by atoms with van der Waals surface area (Å²) in [5, 5.41) is 12.9. The first kappa shape index (κ1) is 19.1. The molecule has 2 aromatic heterocycles. The highest BCUT2D eigenvalue weighted by molar-refractivity contribution is 7.80. The van der Waals surface area contributed by atoms with E-state index in [9.17, 15) is 0 Å². The normalized spacial score (nSPS) is 10.8. The Bertz CT molecular complexity index is 912. The number of hydrogen-bond acceptors (Lipinski definition) is 3. The van der Waals surface area contributed by atoms with Gasteiger partial charge in [-0.3, -0.25) is 9.36 Å². The maximum atomic E-state index is 5.57. The van der Waals surface area contributed by atoms with Gasteiger partial charge in [-0.1, -0.05) is 30.3 Å². The van der Waals surface area contributed by atoms with Gasteiger partial charge in [0.05, 0.1) is 24.1 Å². The number of aromatic nitrogens is 4. The van der Waals surface area contributed by atoms with E-state index >= 15 is 0 Å². The smallest absolute Gasteiger partial charge is 0.173 e. The molecule has 3 aromatic rings. The van der Waals surface area contributed by atoms with Gasteiger partial charge in [0, 0.05) is 37.6 Å². The molecule has 1 aromatic carbocycles. The maximum Gasteiger partial charge on any atom is 0.173 e. The topological polar surface area (TPSA) is 50.9 Å². The quantitative estimate of drug-likeness (QED) is 0.660. The second-order valence-corrected chi connectivity index (χ2v) is 7.05. The summed E-state index contributed by atoms with van der Waals surface area (Å²) in [6.07, 6.45) is 3.77. The first-order valence-electron chi connectivity index (χ1n) is 9.09. The Morgan fingerprint density at radius 3 is 2.63 bits per heavy atom. The fraction of sp³-hybridized carbons (Fsp3) is 0.350. The molecule has 0 aliphatic heterocycles. The molecule has 0 saturated carbocycles. The first-order chi connectivity index (χ1) is 13.0. The predicted molar refractivity (Wildman–Crippen MR) is 113 cm³/mol. The van der Waals surface area contributed by atoms with Crippen LogP contribution in [0.25, 0.3) is 0 Å². The minimum Gasteiger partial charge on any atom is -0.348 e. The summed E-state index contributed by atoms with van der Waals surface area (Å²) < 4.78 is 3.93. The second-order valence-electron chi connectivity index (χ2n) is 6.66. The van der Waals surface area contributed by atoms with Gasteiger partial charge in [0.25, 0.3) is 0 Å². The van der Waals surface area contributed by atoms with E-state index in [1.807, 2.05) is 52.6 Å². The largest absolute Gasteiger partial charge is 0.348 e. The Morgan fingerprint density at radius 2 is 1.96 bits per heavy atom. The van der Waals surface area contributed by atoms with E-state index in [1.54, 1.807) is 6.20 Å². The van der Waals surface area contributed by atoms with Gasteiger partial charge < -0.3 is 10.2 Å².